The maximum Gasteiger partial charge on any atom is 0.414 e. The number of nitrogens with zero attached hydrogens (tertiary/aromatic N) is 7. The minimum absolute atomic E-state index is 0.0144. The van der Waals surface area contributed by atoms with E-state index >= 15 is 4.39 Å². The van der Waals surface area contributed by atoms with Crippen LogP contribution in [0, 0.1) is 30.2 Å². The molecule has 3 fully saturated rings. The zero-order chi connectivity index (χ0) is 29.1. The zero-order valence-corrected chi connectivity index (χ0v) is 22.6. The minimum atomic E-state index is -0.804. The van der Waals surface area contributed by atoms with E-state index in [9.17, 15) is 14.0 Å². The van der Waals surface area contributed by atoms with E-state index < -0.39 is 35.1 Å². The van der Waals surface area contributed by atoms with Crippen molar-refractivity contribution in [3.8, 4) is 11.1 Å². The van der Waals surface area contributed by atoms with E-state index in [-0.39, 0.29) is 36.6 Å². The van der Waals surface area contributed by atoms with Gasteiger partial charge in [0.2, 0.25) is 5.95 Å². The molecule has 1 aromatic carbocycles. The summed E-state index contributed by atoms with van der Waals surface area (Å²) >= 11 is 0. The number of aromatic nitrogens is 4. The van der Waals surface area contributed by atoms with Gasteiger partial charge < -0.3 is 19.2 Å². The highest BCUT2D eigenvalue weighted by Gasteiger charge is 2.78. The van der Waals surface area contributed by atoms with E-state index in [0.717, 1.165) is 10.9 Å². The number of hydrogen-bond donors (Lipinski definition) is 0. The molecule has 212 valence electrons. The van der Waals surface area contributed by atoms with E-state index in [1.165, 1.54) is 17.2 Å². The molecule has 0 spiro atoms. The van der Waals surface area contributed by atoms with Crippen molar-refractivity contribution in [2.45, 2.75) is 44.6 Å². The first-order valence-corrected chi connectivity index (χ1v) is 13.2. The molecule has 11 nitrogen and oxygen atoms in total. The van der Waals surface area contributed by atoms with Crippen molar-refractivity contribution in [1.29, 1.82) is 0 Å². The summed E-state index contributed by atoms with van der Waals surface area (Å²) in [5.74, 6) is -1.28. The third kappa shape index (κ3) is 4.63. The van der Waals surface area contributed by atoms with Crippen LogP contribution in [0.3, 0.4) is 0 Å². The number of benzene rings is 1. The summed E-state index contributed by atoms with van der Waals surface area (Å²) in [4.78, 5) is 36.2. The molecular formula is C28H27F2N7O4. The van der Waals surface area contributed by atoms with Crippen molar-refractivity contribution >= 4 is 17.9 Å². The van der Waals surface area contributed by atoms with Crippen LogP contribution in [0.4, 0.5) is 24.1 Å². The molecule has 0 radical (unpaired) electrons. The quantitative estimate of drug-likeness (QED) is 0.427. The minimum Gasteiger partial charge on any atom is -0.444 e. The van der Waals surface area contributed by atoms with E-state index in [0.29, 0.717) is 30.0 Å². The van der Waals surface area contributed by atoms with Crippen molar-refractivity contribution in [2.24, 2.45) is 11.8 Å². The number of carbonyl (C=O) groups is 2. The molecule has 1 saturated carbocycles. The largest absolute Gasteiger partial charge is 0.444 e. The Morgan fingerprint density at radius 1 is 1.17 bits per heavy atom. The molecule has 1 unspecified atom stereocenters. The lowest BCUT2D eigenvalue weighted by atomic mass is 10.0. The summed E-state index contributed by atoms with van der Waals surface area (Å²) < 4.78 is 40.6. The molecular weight excluding hydrogens is 536 g/mol. The van der Waals surface area contributed by atoms with E-state index in [1.807, 2.05) is 20.8 Å². The molecule has 1 aliphatic carbocycles. The molecule has 3 aromatic rings. The highest BCUT2D eigenvalue weighted by atomic mass is 19.1. The van der Waals surface area contributed by atoms with Gasteiger partial charge in [-0.3, -0.25) is 9.88 Å². The lowest BCUT2D eigenvalue weighted by Gasteiger charge is -2.26. The normalized spacial score (nSPS) is 25.1. The highest BCUT2D eigenvalue weighted by molar-refractivity contribution is 5.90. The maximum atomic E-state index is 15.2. The van der Waals surface area contributed by atoms with Gasteiger partial charge in [0.15, 0.2) is 0 Å². The number of ether oxygens (including phenoxy) is 2. The predicted octanol–water partition coefficient (Wildman–Crippen LogP) is 4.25. The lowest BCUT2D eigenvalue weighted by molar-refractivity contribution is 0.0264. The molecule has 4 atom stereocenters. The Balaban J connectivity index is 1.13. The molecule has 0 bridgehead atoms. The standard InChI is InChI=1S/C28H27F2N7O4/c1-27(2,3)41-25(38)35-14-20-21(15-35)28(20,31-4)23-8-5-16(10-32-23)19-7-6-17(9-22(19)29)36-12-18(40-26(36)39)13-37-24(30)11-33-34-37/h5-11,18,20-21H,12-15H2,1-3H3/t18-,20-,21+,28?/m1/s1. The van der Waals surface area contributed by atoms with E-state index in [1.54, 1.807) is 29.2 Å². The SMILES string of the molecule is [C-]#[N+]C1(c2ccc(-c3ccc(N4C[C@H](Cn5nncc5F)OC4=O)cc3F)cn2)[C@@H]2CN(C(=O)OC(C)(C)C)C[C@@H]21. The Bertz CT molecular complexity index is 1550. The highest BCUT2D eigenvalue weighted by Crippen LogP contribution is 2.64. The van der Waals surface area contributed by atoms with Crippen LogP contribution >= 0.6 is 0 Å². The number of anilines is 1. The number of fused-ring (bicyclic) bond motifs is 1. The Hall–Kier alpha value is -4.60. The van der Waals surface area contributed by atoms with Crippen LogP contribution in [-0.4, -0.2) is 68.4 Å². The molecule has 2 saturated heterocycles. The van der Waals surface area contributed by atoms with E-state index in [4.69, 9.17) is 16.0 Å². The molecule has 41 heavy (non-hydrogen) atoms. The van der Waals surface area contributed by atoms with Gasteiger partial charge in [0.25, 0.3) is 5.54 Å². The first-order valence-electron chi connectivity index (χ1n) is 13.2. The summed E-state index contributed by atoms with van der Waals surface area (Å²) in [6.45, 7) is 14.3. The molecule has 2 aliphatic heterocycles. The Labute approximate surface area is 234 Å². The molecule has 0 N–H and O–H groups in total. The number of piperidine rings is 1. The third-order valence-corrected chi connectivity index (χ3v) is 7.75. The first-order chi connectivity index (χ1) is 19.5. The fraction of sp³-hybridized carbons (Fsp3) is 0.429. The summed E-state index contributed by atoms with van der Waals surface area (Å²) in [6, 6.07) is 7.85. The third-order valence-electron chi connectivity index (χ3n) is 7.75. The average Bonchev–Trinajstić information content (AvgIpc) is 3.34. The molecule has 13 heteroatoms. The van der Waals surface area contributed by atoms with Crippen molar-refractivity contribution in [1.82, 2.24) is 24.9 Å². The molecule has 2 aromatic heterocycles. The molecule has 6 rings (SSSR count). The Morgan fingerprint density at radius 2 is 1.93 bits per heavy atom. The number of likely N-dealkylation sites (tertiary alicyclic amines) is 1. The maximum absolute atomic E-state index is 15.2. The summed E-state index contributed by atoms with van der Waals surface area (Å²) in [7, 11) is 0. The van der Waals surface area contributed by atoms with Crippen molar-refractivity contribution in [3.05, 3.63) is 71.6 Å². The monoisotopic (exact) mass is 563 g/mol. The van der Waals surface area contributed by atoms with Crippen LogP contribution < -0.4 is 4.90 Å². The van der Waals surface area contributed by atoms with Gasteiger partial charge >= 0.3 is 12.2 Å². The van der Waals surface area contributed by atoms with E-state index in [2.05, 4.69) is 20.1 Å². The zero-order valence-electron chi connectivity index (χ0n) is 22.6. The lowest BCUT2D eigenvalue weighted by Crippen LogP contribution is -2.38. The second-order valence-electron chi connectivity index (χ2n) is 11.5. The fourth-order valence-electron chi connectivity index (χ4n) is 5.77. The number of pyridine rings is 1. The van der Waals surface area contributed by atoms with Crippen molar-refractivity contribution in [3.63, 3.8) is 0 Å². The number of cyclic esters (lactones) is 1. The van der Waals surface area contributed by atoms with Crippen LogP contribution in [0.2, 0.25) is 0 Å². The van der Waals surface area contributed by atoms with Gasteiger partial charge in [0, 0.05) is 30.4 Å². The second kappa shape index (κ2) is 9.50. The predicted molar refractivity (Wildman–Crippen MR) is 140 cm³/mol. The molecule has 4 heterocycles. The van der Waals surface area contributed by atoms with Gasteiger partial charge in [-0.05, 0) is 45.0 Å². The van der Waals surface area contributed by atoms with Crippen molar-refractivity contribution in [2.75, 3.05) is 24.5 Å². The van der Waals surface area contributed by atoms with Crippen LogP contribution in [0.25, 0.3) is 16.0 Å². The van der Waals surface area contributed by atoms with Gasteiger partial charge in [0.1, 0.15) is 29.4 Å². The van der Waals surface area contributed by atoms with Crippen LogP contribution in [0.15, 0.2) is 42.7 Å². The second-order valence-corrected chi connectivity index (χ2v) is 11.5. The summed E-state index contributed by atoms with van der Waals surface area (Å²) in [5.41, 5.74) is 0.302. The van der Waals surface area contributed by atoms with Crippen LogP contribution in [0.5, 0.6) is 0 Å². The summed E-state index contributed by atoms with van der Waals surface area (Å²) in [5, 5.41) is 7.08. The number of hydrogen-bond acceptors (Lipinski definition) is 7. The Kier molecular flexibility index (Phi) is 6.17. The average molecular weight is 564 g/mol. The molecule has 2 amide bonds. The Morgan fingerprint density at radius 3 is 2.51 bits per heavy atom. The fourth-order valence-corrected chi connectivity index (χ4v) is 5.77. The van der Waals surface area contributed by atoms with Crippen molar-refractivity contribution < 1.29 is 27.8 Å². The van der Waals surface area contributed by atoms with Gasteiger partial charge in [-0.2, -0.15) is 4.39 Å². The van der Waals surface area contributed by atoms with Crippen LogP contribution in [0.1, 0.15) is 26.5 Å². The van der Waals surface area contributed by atoms with Gasteiger partial charge in [-0.25, -0.2) is 25.2 Å². The van der Waals surface area contributed by atoms with Gasteiger partial charge in [-0.15, -0.1) is 5.10 Å². The van der Waals surface area contributed by atoms with Gasteiger partial charge in [0.05, 0.1) is 30.6 Å². The topological polar surface area (TPSA) is 107 Å². The molecule has 3 aliphatic rings. The first kappa shape index (κ1) is 26.6. The van der Waals surface area contributed by atoms with Crippen LogP contribution in [-0.2, 0) is 21.6 Å². The number of halogens is 2. The number of amides is 2. The number of rotatable bonds is 5. The summed E-state index contributed by atoms with van der Waals surface area (Å²) in [6.07, 6.45) is 0.770. The number of carbonyl (C=O) groups excluding carboxylic acids is 2. The smallest absolute Gasteiger partial charge is 0.414 e. The van der Waals surface area contributed by atoms with Gasteiger partial charge in [-0.1, -0.05) is 11.3 Å².